The van der Waals surface area contributed by atoms with E-state index in [2.05, 4.69) is 5.32 Å². The van der Waals surface area contributed by atoms with Gasteiger partial charge in [-0.05, 0) is 37.5 Å². The fraction of sp³-hybridized carbons (Fsp3) is 0.440. The van der Waals surface area contributed by atoms with Crippen molar-refractivity contribution in [2.45, 2.75) is 52.6 Å². The third-order valence-electron chi connectivity index (χ3n) is 5.41. The number of hydrogen-bond donors (Lipinski definition) is 1. The lowest BCUT2D eigenvalue weighted by molar-refractivity contribution is -0.140. The zero-order valence-corrected chi connectivity index (χ0v) is 20.8. The number of nitrogens with zero attached hydrogens (tertiary/aromatic N) is 2. The van der Waals surface area contributed by atoms with Gasteiger partial charge < -0.3 is 10.2 Å². The Morgan fingerprint density at radius 3 is 2.18 bits per heavy atom. The van der Waals surface area contributed by atoms with Gasteiger partial charge in [0.2, 0.25) is 21.8 Å². The molecule has 7 nitrogen and oxygen atoms in total. The van der Waals surface area contributed by atoms with Gasteiger partial charge in [-0.25, -0.2) is 8.42 Å². The zero-order valence-electron chi connectivity index (χ0n) is 20.0. The topological polar surface area (TPSA) is 86.8 Å². The highest BCUT2D eigenvalue weighted by molar-refractivity contribution is 7.92. The number of carbonyl (C=O) groups excluding carboxylic acids is 2. The van der Waals surface area contributed by atoms with Crippen LogP contribution in [0.5, 0.6) is 0 Å². The highest BCUT2D eigenvalue weighted by Crippen LogP contribution is 2.19. The Kier molecular flexibility index (Phi) is 9.91. The summed E-state index contributed by atoms with van der Waals surface area (Å²) in [5.41, 5.74) is 2.37. The summed E-state index contributed by atoms with van der Waals surface area (Å²) in [6.07, 6.45) is 3.29. The van der Waals surface area contributed by atoms with Gasteiger partial charge in [-0.3, -0.25) is 13.9 Å². The summed E-state index contributed by atoms with van der Waals surface area (Å²) in [5.74, 6) is -0.653. The van der Waals surface area contributed by atoms with Crippen molar-refractivity contribution in [1.82, 2.24) is 10.2 Å². The van der Waals surface area contributed by atoms with Gasteiger partial charge >= 0.3 is 0 Å². The summed E-state index contributed by atoms with van der Waals surface area (Å²) < 4.78 is 26.1. The van der Waals surface area contributed by atoms with E-state index in [4.69, 9.17) is 0 Å². The van der Waals surface area contributed by atoms with E-state index in [0.717, 1.165) is 34.5 Å². The molecule has 0 aromatic heterocycles. The molecule has 0 aliphatic rings. The maximum absolute atomic E-state index is 13.5. The van der Waals surface area contributed by atoms with Crippen molar-refractivity contribution >= 4 is 27.5 Å². The number of para-hydroxylation sites is 1. The standard InChI is InChI=1S/C25H35N3O4S/c1-5-7-17-26-25(30)23(6-2)27(18-21-15-13-20(3)14-16-21)24(29)19-28(33(4,31)32)22-11-9-8-10-12-22/h8-16,23H,5-7,17-19H2,1-4H3,(H,26,30)/t23-/m0/s1. The average Bonchev–Trinajstić information content (AvgIpc) is 2.78. The van der Waals surface area contributed by atoms with Crippen LogP contribution in [0.2, 0.25) is 0 Å². The Morgan fingerprint density at radius 1 is 1.00 bits per heavy atom. The molecule has 33 heavy (non-hydrogen) atoms. The van der Waals surface area contributed by atoms with E-state index < -0.39 is 22.0 Å². The predicted octanol–water partition coefficient (Wildman–Crippen LogP) is 3.48. The van der Waals surface area contributed by atoms with E-state index in [1.54, 1.807) is 30.3 Å². The normalized spacial score (nSPS) is 12.1. The van der Waals surface area contributed by atoms with E-state index in [9.17, 15) is 18.0 Å². The summed E-state index contributed by atoms with van der Waals surface area (Å²) in [6, 6.07) is 15.6. The SMILES string of the molecule is CCCCNC(=O)[C@H](CC)N(Cc1ccc(C)cc1)C(=O)CN(c1ccccc1)S(C)(=O)=O. The Hall–Kier alpha value is -2.87. The lowest BCUT2D eigenvalue weighted by Crippen LogP contribution is -2.52. The monoisotopic (exact) mass is 473 g/mol. The Labute approximate surface area is 197 Å². The zero-order chi connectivity index (χ0) is 24.4. The van der Waals surface area contributed by atoms with Crippen LogP contribution in [0, 0.1) is 6.92 Å². The third kappa shape index (κ3) is 7.89. The lowest BCUT2D eigenvalue weighted by atomic mass is 10.1. The largest absolute Gasteiger partial charge is 0.354 e. The molecule has 0 aliphatic carbocycles. The summed E-state index contributed by atoms with van der Waals surface area (Å²) in [4.78, 5) is 28.0. The highest BCUT2D eigenvalue weighted by atomic mass is 32.2. The molecule has 0 heterocycles. The van der Waals surface area contributed by atoms with E-state index in [-0.39, 0.29) is 19.0 Å². The molecule has 0 spiro atoms. The molecule has 0 radical (unpaired) electrons. The molecule has 2 amide bonds. The molecule has 180 valence electrons. The lowest BCUT2D eigenvalue weighted by Gasteiger charge is -2.33. The first-order valence-electron chi connectivity index (χ1n) is 11.3. The minimum Gasteiger partial charge on any atom is -0.354 e. The van der Waals surface area contributed by atoms with Gasteiger partial charge in [0.25, 0.3) is 0 Å². The van der Waals surface area contributed by atoms with Crippen LogP contribution in [-0.2, 0) is 26.2 Å². The van der Waals surface area contributed by atoms with Crippen LogP contribution in [-0.4, -0.2) is 50.5 Å². The number of amides is 2. The molecular formula is C25H35N3O4S. The fourth-order valence-corrected chi connectivity index (χ4v) is 4.37. The quantitative estimate of drug-likeness (QED) is 0.478. The van der Waals surface area contributed by atoms with Gasteiger partial charge in [-0.15, -0.1) is 0 Å². The molecule has 0 saturated carbocycles. The molecule has 8 heteroatoms. The number of nitrogens with one attached hydrogen (secondary N) is 1. The average molecular weight is 474 g/mol. The van der Waals surface area contributed by atoms with Crippen molar-refractivity contribution in [2.75, 3.05) is 23.7 Å². The van der Waals surface area contributed by atoms with Gasteiger partial charge in [0.15, 0.2) is 0 Å². The number of hydrogen-bond acceptors (Lipinski definition) is 4. The third-order valence-corrected chi connectivity index (χ3v) is 6.55. The molecule has 2 aromatic rings. The first kappa shape index (κ1) is 26.4. The van der Waals surface area contributed by atoms with Crippen LogP contribution in [0.4, 0.5) is 5.69 Å². The highest BCUT2D eigenvalue weighted by Gasteiger charge is 2.31. The van der Waals surface area contributed by atoms with Crippen molar-refractivity contribution in [3.63, 3.8) is 0 Å². The van der Waals surface area contributed by atoms with Gasteiger partial charge in [-0.2, -0.15) is 0 Å². The summed E-state index contributed by atoms with van der Waals surface area (Å²) in [7, 11) is -3.71. The van der Waals surface area contributed by atoms with E-state index in [1.807, 2.05) is 45.0 Å². The smallest absolute Gasteiger partial charge is 0.244 e. The second-order valence-corrected chi connectivity index (χ2v) is 10.1. The number of benzene rings is 2. The molecule has 1 N–H and O–H groups in total. The van der Waals surface area contributed by atoms with E-state index in [1.165, 1.54) is 4.90 Å². The van der Waals surface area contributed by atoms with Crippen molar-refractivity contribution < 1.29 is 18.0 Å². The summed E-state index contributed by atoms with van der Waals surface area (Å²) in [6.45, 7) is 6.24. The predicted molar refractivity (Wildman–Crippen MR) is 132 cm³/mol. The molecule has 1 atom stereocenters. The van der Waals surface area contributed by atoms with E-state index in [0.29, 0.717) is 18.7 Å². The number of sulfonamides is 1. The molecule has 0 saturated heterocycles. The van der Waals surface area contributed by atoms with Crippen molar-refractivity contribution in [3.05, 3.63) is 65.7 Å². The van der Waals surface area contributed by atoms with Gasteiger partial charge in [0.1, 0.15) is 12.6 Å². The van der Waals surface area contributed by atoms with Gasteiger partial charge in [-0.1, -0.05) is 68.3 Å². The van der Waals surface area contributed by atoms with Crippen LogP contribution >= 0.6 is 0 Å². The molecule has 0 aliphatic heterocycles. The minimum atomic E-state index is -3.71. The van der Waals surface area contributed by atoms with Crippen LogP contribution < -0.4 is 9.62 Å². The molecular weight excluding hydrogens is 438 g/mol. The number of aryl methyl sites for hydroxylation is 1. The number of rotatable bonds is 12. The number of carbonyl (C=O) groups is 2. The summed E-state index contributed by atoms with van der Waals surface area (Å²) >= 11 is 0. The van der Waals surface area contributed by atoms with Crippen LogP contribution in [0.3, 0.4) is 0 Å². The maximum Gasteiger partial charge on any atom is 0.244 e. The first-order valence-corrected chi connectivity index (χ1v) is 13.2. The molecule has 2 rings (SSSR count). The second kappa shape index (κ2) is 12.4. The van der Waals surface area contributed by atoms with Crippen molar-refractivity contribution in [3.8, 4) is 0 Å². The Bertz CT molecular complexity index is 1010. The van der Waals surface area contributed by atoms with Crippen LogP contribution in [0.15, 0.2) is 54.6 Å². The van der Waals surface area contributed by atoms with Crippen LogP contribution in [0.1, 0.15) is 44.2 Å². The first-order chi connectivity index (χ1) is 15.7. The van der Waals surface area contributed by atoms with Gasteiger partial charge in [0.05, 0.1) is 11.9 Å². The van der Waals surface area contributed by atoms with Crippen molar-refractivity contribution in [1.29, 1.82) is 0 Å². The van der Waals surface area contributed by atoms with E-state index >= 15 is 0 Å². The number of unbranched alkanes of at least 4 members (excludes halogenated alkanes) is 1. The fourth-order valence-electron chi connectivity index (χ4n) is 3.52. The molecule has 0 bridgehead atoms. The molecule has 0 fully saturated rings. The second-order valence-electron chi connectivity index (χ2n) is 8.18. The van der Waals surface area contributed by atoms with Gasteiger partial charge in [0, 0.05) is 13.1 Å². The maximum atomic E-state index is 13.5. The Balaban J connectivity index is 2.36. The van der Waals surface area contributed by atoms with Crippen LogP contribution in [0.25, 0.3) is 0 Å². The molecule has 2 aromatic carbocycles. The van der Waals surface area contributed by atoms with Crippen molar-refractivity contribution in [2.24, 2.45) is 0 Å². The Morgan fingerprint density at radius 2 is 1.64 bits per heavy atom. The molecule has 0 unspecified atom stereocenters. The minimum absolute atomic E-state index is 0.214. The summed E-state index contributed by atoms with van der Waals surface area (Å²) in [5, 5.41) is 2.92. The number of anilines is 1.